The fraction of sp³-hybridized carbons (Fsp3) is 0.438. The fourth-order valence-corrected chi connectivity index (χ4v) is 2.21. The van der Waals surface area contributed by atoms with E-state index >= 15 is 0 Å². The summed E-state index contributed by atoms with van der Waals surface area (Å²) in [6.45, 7) is 6.76. The molecular weight excluding hydrogens is 269 g/mol. The second kappa shape index (κ2) is 6.72. The van der Waals surface area contributed by atoms with Crippen molar-refractivity contribution in [3.05, 3.63) is 47.5 Å². The van der Waals surface area contributed by atoms with Gasteiger partial charge in [-0.2, -0.15) is 5.10 Å². The lowest BCUT2D eigenvalue weighted by Crippen LogP contribution is -2.33. The van der Waals surface area contributed by atoms with Crippen LogP contribution in [-0.4, -0.2) is 22.9 Å². The number of halogens is 1. The zero-order valence-corrected chi connectivity index (χ0v) is 12.9. The van der Waals surface area contributed by atoms with Crippen molar-refractivity contribution in [2.24, 2.45) is 0 Å². The molecular formula is C16H22FN3O. The van der Waals surface area contributed by atoms with Crippen LogP contribution in [0.5, 0.6) is 5.75 Å². The predicted octanol–water partition coefficient (Wildman–Crippen LogP) is 3.08. The first-order chi connectivity index (χ1) is 10.0. The van der Waals surface area contributed by atoms with Crippen LogP contribution in [0.1, 0.15) is 31.0 Å². The Morgan fingerprint density at radius 3 is 2.76 bits per heavy atom. The van der Waals surface area contributed by atoms with Crippen molar-refractivity contribution < 1.29 is 9.13 Å². The number of hydrogen-bond donors (Lipinski definition) is 1. The topological polar surface area (TPSA) is 39.1 Å². The van der Waals surface area contributed by atoms with Crippen molar-refractivity contribution >= 4 is 0 Å². The molecule has 2 atom stereocenters. The van der Waals surface area contributed by atoms with E-state index in [4.69, 9.17) is 4.74 Å². The molecule has 1 aromatic carbocycles. The number of aryl methyl sites for hydroxylation is 1. The van der Waals surface area contributed by atoms with Gasteiger partial charge in [-0.3, -0.25) is 4.68 Å². The third kappa shape index (κ3) is 3.82. The first kappa shape index (κ1) is 15.5. The van der Waals surface area contributed by atoms with Crippen molar-refractivity contribution in [3.63, 3.8) is 0 Å². The normalized spacial score (nSPS) is 14.0. The largest absolute Gasteiger partial charge is 0.496 e. The van der Waals surface area contributed by atoms with Crippen molar-refractivity contribution in [2.45, 2.75) is 39.4 Å². The Labute approximate surface area is 124 Å². The Kier molecular flexibility index (Phi) is 4.96. The van der Waals surface area contributed by atoms with Crippen molar-refractivity contribution in [1.82, 2.24) is 15.1 Å². The van der Waals surface area contributed by atoms with Gasteiger partial charge >= 0.3 is 0 Å². The first-order valence-electron chi connectivity index (χ1n) is 7.08. The average molecular weight is 291 g/mol. The minimum atomic E-state index is -0.254. The summed E-state index contributed by atoms with van der Waals surface area (Å²) in [4.78, 5) is 0. The number of aromatic nitrogens is 2. The van der Waals surface area contributed by atoms with Gasteiger partial charge in [0.2, 0.25) is 0 Å². The molecule has 2 aromatic rings. The lowest BCUT2D eigenvalue weighted by atomic mass is 10.1. The van der Waals surface area contributed by atoms with E-state index < -0.39 is 0 Å². The van der Waals surface area contributed by atoms with E-state index in [9.17, 15) is 4.39 Å². The van der Waals surface area contributed by atoms with Crippen molar-refractivity contribution in [1.29, 1.82) is 0 Å². The van der Waals surface area contributed by atoms with E-state index in [2.05, 4.69) is 24.3 Å². The van der Waals surface area contributed by atoms with Crippen LogP contribution in [-0.2, 0) is 6.54 Å². The van der Waals surface area contributed by atoms with Crippen LogP contribution in [0.25, 0.3) is 0 Å². The van der Waals surface area contributed by atoms with Crippen molar-refractivity contribution in [3.8, 4) is 5.75 Å². The molecule has 0 amide bonds. The van der Waals surface area contributed by atoms with E-state index in [1.807, 2.05) is 24.0 Å². The Hall–Kier alpha value is -1.88. The maximum absolute atomic E-state index is 13.3. The van der Waals surface area contributed by atoms with Gasteiger partial charge in [0.1, 0.15) is 11.6 Å². The van der Waals surface area contributed by atoms with Gasteiger partial charge in [-0.15, -0.1) is 0 Å². The molecule has 1 heterocycles. The molecule has 0 radical (unpaired) electrons. The van der Waals surface area contributed by atoms with E-state index in [1.54, 1.807) is 13.2 Å². The summed E-state index contributed by atoms with van der Waals surface area (Å²) in [6, 6.07) is 4.95. The number of nitrogens with one attached hydrogen (secondary N) is 1. The van der Waals surface area contributed by atoms with Crippen molar-refractivity contribution in [2.75, 3.05) is 7.11 Å². The molecule has 21 heavy (non-hydrogen) atoms. The second-order valence-electron chi connectivity index (χ2n) is 5.36. The summed E-state index contributed by atoms with van der Waals surface area (Å²) >= 11 is 0. The van der Waals surface area contributed by atoms with Gasteiger partial charge in [0.25, 0.3) is 0 Å². The molecule has 0 fully saturated rings. The summed E-state index contributed by atoms with van der Waals surface area (Å²) in [7, 11) is 1.59. The highest BCUT2D eigenvalue weighted by molar-refractivity contribution is 5.33. The monoisotopic (exact) mass is 291 g/mol. The van der Waals surface area contributed by atoms with Gasteiger partial charge in [-0.1, -0.05) is 0 Å². The van der Waals surface area contributed by atoms with Crippen LogP contribution in [0.3, 0.4) is 0 Å². The predicted molar refractivity (Wildman–Crippen MR) is 80.9 cm³/mol. The van der Waals surface area contributed by atoms with Crippen LogP contribution >= 0.6 is 0 Å². The Morgan fingerprint density at radius 2 is 2.14 bits per heavy atom. The highest BCUT2D eigenvalue weighted by Gasteiger charge is 2.15. The lowest BCUT2D eigenvalue weighted by molar-refractivity contribution is 0.359. The van der Waals surface area contributed by atoms with Crippen LogP contribution in [0.15, 0.2) is 30.6 Å². The zero-order valence-electron chi connectivity index (χ0n) is 12.9. The molecule has 0 saturated heterocycles. The number of benzene rings is 1. The summed E-state index contributed by atoms with van der Waals surface area (Å²) in [5, 5.41) is 7.73. The molecule has 1 aromatic heterocycles. The minimum absolute atomic E-state index is 0.192. The molecule has 0 aliphatic heterocycles. The summed E-state index contributed by atoms with van der Waals surface area (Å²) in [6.07, 6.45) is 3.87. The summed E-state index contributed by atoms with van der Waals surface area (Å²) in [5.41, 5.74) is 1.95. The smallest absolute Gasteiger partial charge is 0.123 e. The lowest BCUT2D eigenvalue weighted by Gasteiger charge is -2.22. The van der Waals surface area contributed by atoms with Crippen LogP contribution in [0.2, 0.25) is 0 Å². The molecule has 0 unspecified atom stereocenters. The molecule has 0 aliphatic rings. The SMILES string of the molecule is COc1ccc(F)cc1CN[C@@H](C)[C@@H](C)n1cc(C)cn1. The Morgan fingerprint density at radius 1 is 1.38 bits per heavy atom. The summed E-state index contributed by atoms with van der Waals surface area (Å²) in [5.74, 6) is 0.440. The zero-order chi connectivity index (χ0) is 15.4. The molecule has 0 saturated carbocycles. The van der Waals surface area contributed by atoms with E-state index in [-0.39, 0.29) is 17.9 Å². The van der Waals surface area contributed by atoms with Crippen LogP contribution in [0.4, 0.5) is 4.39 Å². The third-order valence-corrected chi connectivity index (χ3v) is 3.73. The standard InChI is InChI=1S/C16H22FN3O/c1-11-8-19-20(10-11)13(3)12(2)18-9-14-7-15(17)5-6-16(14)21-4/h5-8,10,12-13,18H,9H2,1-4H3/t12-,13+/m0/s1. The number of hydrogen-bond acceptors (Lipinski definition) is 3. The Bertz CT molecular complexity index is 597. The molecule has 2 rings (SSSR count). The maximum Gasteiger partial charge on any atom is 0.123 e. The van der Waals surface area contributed by atoms with Gasteiger partial charge in [0.05, 0.1) is 19.3 Å². The molecule has 4 nitrogen and oxygen atoms in total. The highest BCUT2D eigenvalue weighted by Crippen LogP contribution is 2.20. The van der Waals surface area contributed by atoms with Gasteiger partial charge in [-0.25, -0.2) is 4.39 Å². The summed E-state index contributed by atoms with van der Waals surface area (Å²) < 4.78 is 20.5. The molecule has 0 spiro atoms. The molecule has 5 heteroatoms. The second-order valence-corrected chi connectivity index (χ2v) is 5.36. The number of methoxy groups -OCH3 is 1. The third-order valence-electron chi connectivity index (χ3n) is 3.73. The molecule has 114 valence electrons. The van der Waals surface area contributed by atoms with Gasteiger partial charge in [0, 0.05) is 24.3 Å². The number of ether oxygens (including phenoxy) is 1. The fourth-order valence-electron chi connectivity index (χ4n) is 2.21. The van der Waals surface area contributed by atoms with Gasteiger partial charge < -0.3 is 10.1 Å². The minimum Gasteiger partial charge on any atom is -0.496 e. The van der Waals surface area contributed by atoms with Gasteiger partial charge in [0.15, 0.2) is 0 Å². The molecule has 1 N–H and O–H groups in total. The van der Waals surface area contributed by atoms with Crippen LogP contribution in [0, 0.1) is 12.7 Å². The van der Waals surface area contributed by atoms with E-state index in [0.717, 1.165) is 11.1 Å². The van der Waals surface area contributed by atoms with Crippen LogP contribution < -0.4 is 10.1 Å². The number of nitrogens with zero attached hydrogens (tertiary/aromatic N) is 2. The van der Waals surface area contributed by atoms with Gasteiger partial charge in [-0.05, 0) is 44.5 Å². The first-order valence-corrected chi connectivity index (χ1v) is 7.08. The Balaban J connectivity index is 2.00. The quantitative estimate of drug-likeness (QED) is 0.889. The molecule has 0 bridgehead atoms. The number of rotatable bonds is 6. The average Bonchev–Trinajstić information content (AvgIpc) is 2.90. The molecule has 0 aliphatic carbocycles. The van der Waals surface area contributed by atoms with E-state index in [1.165, 1.54) is 12.1 Å². The van der Waals surface area contributed by atoms with E-state index in [0.29, 0.717) is 12.3 Å². The maximum atomic E-state index is 13.3. The highest BCUT2D eigenvalue weighted by atomic mass is 19.1.